The minimum atomic E-state index is -0.361. The van der Waals surface area contributed by atoms with Gasteiger partial charge in [0.25, 0.3) is 5.56 Å². The minimum Gasteiger partial charge on any atom is -0.281 e. The van der Waals surface area contributed by atoms with Crippen molar-refractivity contribution in [1.82, 2.24) is 4.40 Å². The first-order valence-corrected chi connectivity index (χ1v) is 5.48. The molecule has 2 aromatic heterocycles. The number of rotatable bonds is 1. The summed E-state index contributed by atoms with van der Waals surface area (Å²) in [5, 5.41) is 0. The predicted molar refractivity (Wildman–Crippen MR) is 60.3 cm³/mol. The summed E-state index contributed by atoms with van der Waals surface area (Å²) in [6.07, 6.45) is 3.62. The Bertz CT molecular complexity index is 626. The van der Waals surface area contributed by atoms with Crippen molar-refractivity contribution in [2.45, 2.75) is 25.7 Å². The summed E-state index contributed by atoms with van der Waals surface area (Å²) >= 11 is 0. The number of aryl methyl sites for hydroxylation is 1. The summed E-state index contributed by atoms with van der Waals surface area (Å²) in [5.74, 6) is 0.194. The van der Waals surface area contributed by atoms with Crippen molar-refractivity contribution in [3.63, 3.8) is 0 Å². The molecule has 0 amide bonds. The number of hydrogen-bond donors (Lipinski definition) is 0. The van der Waals surface area contributed by atoms with Crippen LogP contribution in [0.5, 0.6) is 0 Å². The van der Waals surface area contributed by atoms with Crippen LogP contribution in [-0.4, -0.2) is 4.40 Å². The predicted octanol–water partition coefficient (Wildman–Crippen LogP) is 2.62. The van der Waals surface area contributed by atoms with Gasteiger partial charge in [0.15, 0.2) is 0 Å². The molecular weight excluding hydrogens is 205 g/mol. The van der Waals surface area contributed by atoms with Gasteiger partial charge in [0, 0.05) is 12.3 Å². The van der Waals surface area contributed by atoms with E-state index in [0.717, 1.165) is 11.1 Å². The van der Waals surface area contributed by atoms with Gasteiger partial charge in [-0.25, -0.2) is 4.39 Å². The number of fused-ring (bicyclic) bond motifs is 1. The third kappa shape index (κ3) is 1.35. The van der Waals surface area contributed by atoms with Crippen LogP contribution in [0, 0.1) is 12.7 Å². The molecule has 2 aromatic rings. The van der Waals surface area contributed by atoms with Crippen LogP contribution >= 0.6 is 0 Å². The van der Waals surface area contributed by atoms with Gasteiger partial charge in [-0.15, -0.1) is 0 Å². The fourth-order valence-corrected chi connectivity index (χ4v) is 2.27. The molecule has 3 rings (SSSR count). The maximum absolute atomic E-state index is 13.3. The third-order valence-corrected chi connectivity index (χ3v) is 3.15. The maximum Gasteiger partial charge on any atom is 0.255 e. The molecule has 0 aromatic carbocycles. The highest BCUT2D eigenvalue weighted by atomic mass is 19.1. The standard InChI is InChI=1S/C13H12FNO/c1-8-6-10(14)7-15-12(16)5-4-11(13(8)15)9-2-3-9/h4-7,9H,2-3H2,1H3. The molecule has 1 aliphatic carbocycles. The molecule has 0 atom stereocenters. The Morgan fingerprint density at radius 2 is 2.12 bits per heavy atom. The molecular formula is C13H12FNO. The second-order valence-corrected chi connectivity index (χ2v) is 4.46. The Kier molecular flexibility index (Phi) is 1.90. The Hall–Kier alpha value is -1.64. The average molecular weight is 217 g/mol. The first-order valence-electron chi connectivity index (χ1n) is 5.48. The van der Waals surface area contributed by atoms with Gasteiger partial charge in [-0.2, -0.15) is 0 Å². The molecule has 0 N–H and O–H groups in total. The van der Waals surface area contributed by atoms with Crippen LogP contribution in [0.3, 0.4) is 0 Å². The van der Waals surface area contributed by atoms with Crippen LogP contribution in [0.2, 0.25) is 0 Å². The topological polar surface area (TPSA) is 21.5 Å². The minimum absolute atomic E-state index is 0.165. The van der Waals surface area contributed by atoms with Crippen molar-refractivity contribution in [3.8, 4) is 0 Å². The lowest BCUT2D eigenvalue weighted by Gasteiger charge is -2.09. The van der Waals surface area contributed by atoms with Crippen molar-refractivity contribution in [3.05, 3.63) is 51.7 Å². The van der Waals surface area contributed by atoms with Gasteiger partial charge >= 0.3 is 0 Å². The van der Waals surface area contributed by atoms with E-state index < -0.39 is 0 Å². The van der Waals surface area contributed by atoms with Gasteiger partial charge in [-0.3, -0.25) is 9.20 Å². The van der Waals surface area contributed by atoms with Gasteiger partial charge in [0.2, 0.25) is 0 Å². The van der Waals surface area contributed by atoms with Crippen LogP contribution in [0.1, 0.15) is 29.9 Å². The molecule has 16 heavy (non-hydrogen) atoms. The Balaban J connectivity index is 2.46. The van der Waals surface area contributed by atoms with E-state index >= 15 is 0 Å². The van der Waals surface area contributed by atoms with Crippen LogP contribution < -0.4 is 5.56 Å². The summed E-state index contributed by atoms with van der Waals surface area (Å²) in [4.78, 5) is 11.7. The van der Waals surface area contributed by atoms with E-state index in [2.05, 4.69) is 0 Å². The molecule has 0 bridgehead atoms. The number of nitrogens with zero attached hydrogens (tertiary/aromatic N) is 1. The fourth-order valence-electron chi connectivity index (χ4n) is 2.27. The second-order valence-electron chi connectivity index (χ2n) is 4.46. The van der Waals surface area contributed by atoms with E-state index in [9.17, 15) is 9.18 Å². The molecule has 2 nitrogen and oxygen atoms in total. The van der Waals surface area contributed by atoms with E-state index in [1.807, 2.05) is 13.0 Å². The Morgan fingerprint density at radius 3 is 2.81 bits per heavy atom. The lowest BCUT2D eigenvalue weighted by atomic mass is 10.1. The highest BCUT2D eigenvalue weighted by Gasteiger charge is 2.26. The summed E-state index contributed by atoms with van der Waals surface area (Å²) in [7, 11) is 0. The van der Waals surface area contributed by atoms with Crippen molar-refractivity contribution in [1.29, 1.82) is 0 Å². The lowest BCUT2D eigenvalue weighted by molar-refractivity contribution is 0.616. The quantitative estimate of drug-likeness (QED) is 0.719. The smallest absolute Gasteiger partial charge is 0.255 e. The first kappa shape index (κ1) is 9.58. The number of hydrogen-bond acceptors (Lipinski definition) is 1. The Labute approximate surface area is 92.3 Å². The van der Waals surface area contributed by atoms with Gasteiger partial charge in [-0.05, 0) is 42.9 Å². The zero-order valence-corrected chi connectivity index (χ0v) is 9.03. The number of pyridine rings is 2. The number of halogens is 1. The highest BCUT2D eigenvalue weighted by Crippen LogP contribution is 2.42. The molecule has 0 spiro atoms. The fraction of sp³-hybridized carbons (Fsp3) is 0.308. The van der Waals surface area contributed by atoms with Gasteiger partial charge < -0.3 is 0 Å². The van der Waals surface area contributed by atoms with Crippen molar-refractivity contribution in [2.24, 2.45) is 0 Å². The van der Waals surface area contributed by atoms with Crippen molar-refractivity contribution >= 4 is 5.52 Å². The van der Waals surface area contributed by atoms with Gasteiger partial charge in [0.1, 0.15) is 5.82 Å². The monoisotopic (exact) mass is 217 g/mol. The van der Waals surface area contributed by atoms with Crippen LogP contribution in [0.15, 0.2) is 29.2 Å². The summed E-state index contributed by atoms with van der Waals surface area (Å²) in [6.45, 7) is 1.85. The number of aromatic nitrogens is 1. The molecule has 1 aliphatic rings. The van der Waals surface area contributed by atoms with E-state index in [0.29, 0.717) is 5.92 Å². The molecule has 0 radical (unpaired) electrons. The average Bonchev–Trinajstić information content (AvgIpc) is 3.03. The molecule has 0 saturated heterocycles. The molecule has 1 fully saturated rings. The van der Waals surface area contributed by atoms with Gasteiger partial charge in [-0.1, -0.05) is 6.07 Å². The summed E-state index contributed by atoms with van der Waals surface area (Å²) in [6, 6.07) is 4.90. The lowest BCUT2D eigenvalue weighted by Crippen LogP contribution is -2.14. The molecule has 3 heteroatoms. The van der Waals surface area contributed by atoms with E-state index in [4.69, 9.17) is 0 Å². The van der Waals surface area contributed by atoms with Crippen molar-refractivity contribution in [2.75, 3.05) is 0 Å². The Morgan fingerprint density at radius 1 is 1.38 bits per heavy atom. The molecule has 82 valence electrons. The van der Waals surface area contributed by atoms with Crippen LogP contribution in [0.25, 0.3) is 5.52 Å². The SMILES string of the molecule is Cc1cc(F)cn2c(=O)ccc(C3CC3)c12. The molecule has 1 saturated carbocycles. The summed E-state index contributed by atoms with van der Waals surface area (Å²) in [5.41, 5.74) is 2.73. The highest BCUT2D eigenvalue weighted by molar-refractivity contribution is 5.62. The molecule has 0 aliphatic heterocycles. The first-order chi connectivity index (χ1) is 7.66. The molecule has 2 heterocycles. The zero-order chi connectivity index (χ0) is 11.3. The normalized spacial score (nSPS) is 15.6. The maximum atomic E-state index is 13.3. The van der Waals surface area contributed by atoms with E-state index in [-0.39, 0.29) is 11.4 Å². The zero-order valence-electron chi connectivity index (χ0n) is 9.03. The largest absolute Gasteiger partial charge is 0.281 e. The summed E-state index contributed by atoms with van der Waals surface area (Å²) < 4.78 is 14.7. The van der Waals surface area contributed by atoms with Crippen molar-refractivity contribution < 1.29 is 4.39 Å². The van der Waals surface area contributed by atoms with Crippen LogP contribution in [0.4, 0.5) is 4.39 Å². The second kappa shape index (κ2) is 3.17. The van der Waals surface area contributed by atoms with E-state index in [1.54, 1.807) is 0 Å². The van der Waals surface area contributed by atoms with Crippen LogP contribution in [-0.2, 0) is 0 Å². The van der Waals surface area contributed by atoms with E-state index in [1.165, 1.54) is 41.1 Å². The molecule has 0 unspecified atom stereocenters. The third-order valence-electron chi connectivity index (χ3n) is 3.15. The van der Waals surface area contributed by atoms with Gasteiger partial charge in [0.05, 0.1) is 5.52 Å².